The van der Waals surface area contributed by atoms with Gasteiger partial charge in [0.15, 0.2) is 5.13 Å². The fourth-order valence-electron chi connectivity index (χ4n) is 2.61. The predicted octanol–water partition coefficient (Wildman–Crippen LogP) is 3.56. The monoisotopic (exact) mass is 308 g/mol. The largest absolute Gasteiger partial charge is 0.368 e. The molecule has 1 atom stereocenters. The van der Waals surface area contributed by atoms with E-state index in [1.165, 1.54) is 49.1 Å². The van der Waals surface area contributed by atoms with Crippen LogP contribution >= 0.6 is 11.3 Å². The summed E-state index contributed by atoms with van der Waals surface area (Å²) in [4.78, 5) is 18.1. The van der Waals surface area contributed by atoms with Crippen LogP contribution in [0.3, 0.4) is 0 Å². The molecular formula is C16H24N2O2S. The molecule has 4 nitrogen and oxygen atoms in total. The Kier molecular flexibility index (Phi) is 4.91. The van der Waals surface area contributed by atoms with E-state index in [2.05, 4.69) is 10.3 Å². The van der Waals surface area contributed by atoms with Crippen LogP contribution < -0.4 is 5.32 Å². The van der Waals surface area contributed by atoms with E-state index in [0.29, 0.717) is 12.5 Å². The number of fused-ring (bicyclic) bond motifs is 1. The van der Waals surface area contributed by atoms with Gasteiger partial charge in [-0.25, -0.2) is 4.98 Å². The minimum atomic E-state index is -0.392. The normalized spacial score (nSPS) is 20.2. The number of rotatable bonds is 5. The Labute approximate surface area is 130 Å². The van der Waals surface area contributed by atoms with Crippen molar-refractivity contribution >= 4 is 22.4 Å². The first-order chi connectivity index (χ1) is 10.2. The highest BCUT2D eigenvalue weighted by atomic mass is 32.1. The average molecular weight is 308 g/mol. The van der Waals surface area contributed by atoms with Crippen LogP contribution in [0.25, 0.3) is 0 Å². The summed E-state index contributed by atoms with van der Waals surface area (Å²) < 4.78 is 5.61. The van der Waals surface area contributed by atoms with E-state index in [1.54, 1.807) is 11.3 Å². The van der Waals surface area contributed by atoms with Gasteiger partial charge in [-0.2, -0.15) is 0 Å². The Morgan fingerprint density at radius 1 is 1.33 bits per heavy atom. The van der Waals surface area contributed by atoms with Crippen LogP contribution in [0.5, 0.6) is 0 Å². The molecule has 2 aliphatic rings. The molecule has 21 heavy (non-hydrogen) atoms. The summed E-state index contributed by atoms with van der Waals surface area (Å²) in [7, 11) is 0. The molecule has 3 rings (SSSR count). The predicted molar refractivity (Wildman–Crippen MR) is 84.8 cm³/mol. The van der Waals surface area contributed by atoms with Crippen molar-refractivity contribution in [2.45, 2.75) is 64.4 Å². The number of hydrogen-bond donors (Lipinski definition) is 1. The molecule has 0 spiro atoms. The first-order valence-electron chi connectivity index (χ1n) is 8.13. The van der Waals surface area contributed by atoms with Gasteiger partial charge in [-0.05, 0) is 51.4 Å². The third-order valence-electron chi connectivity index (χ3n) is 4.22. The van der Waals surface area contributed by atoms with Crippen molar-refractivity contribution in [3.05, 3.63) is 10.6 Å². The number of thiazole rings is 1. The molecular weight excluding hydrogens is 284 g/mol. The zero-order valence-corrected chi connectivity index (χ0v) is 13.5. The molecule has 5 heteroatoms. The maximum Gasteiger partial charge on any atom is 0.254 e. The van der Waals surface area contributed by atoms with E-state index in [1.807, 2.05) is 6.92 Å². The van der Waals surface area contributed by atoms with Crippen LogP contribution in [0, 0.1) is 5.92 Å². The first kappa shape index (κ1) is 15.0. The molecule has 0 saturated heterocycles. The highest BCUT2D eigenvalue weighted by molar-refractivity contribution is 7.15. The van der Waals surface area contributed by atoms with Crippen LogP contribution in [0.15, 0.2) is 0 Å². The van der Waals surface area contributed by atoms with E-state index in [9.17, 15) is 4.79 Å². The van der Waals surface area contributed by atoms with E-state index in [4.69, 9.17) is 4.74 Å². The van der Waals surface area contributed by atoms with Crippen LogP contribution in [0.2, 0.25) is 0 Å². The van der Waals surface area contributed by atoms with Crippen LogP contribution in [-0.2, 0) is 22.4 Å². The van der Waals surface area contributed by atoms with Gasteiger partial charge in [0.05, 0.1) is 12.3 Å². The van der Waals surface area contributed by atoms with E-state index in [-0.39, 0.29) is 5.91 Å². The van der Waals surface area contributed by atoms with Crippen molar-refractivity contribution in [3.63, 3.8) is 0 Å². The molecule has 1 aromatic rings. The third-order valence-corrected chi connectivity index (χ3v) is 5.30. The van der Waals surface area contributed by atoms with Gasteiger partial charge in [0.25, 0.3) is 5.91 Å². The number of anilines is 1. The highest BCUT2D eigenvalue weighted by Crippen LogP contribution is 2.30. The molecule has 0 bridgehead atoms. The van der Waals surface area contributed by atoms with Crippen molar-refractivity contribution < 1.29 is 9.53 Å². The molecule has 1 aromatic heterocycles. The number of carbonyl (C=O) groups excluding carboxylic acids is 1. The van der Waals surface area contributed by atoms with Crippen LogP contribution in [0.1, 0.15) is 56.0 Å². The summed E-state index contributed by atoms with van der Waals surface area (Å²) in [6.45, 7) is 2.53. The van der Waals surface area contributed by atoms with Gasteiger partial charge < -0.3 is 4.74 Å². The van der Waals surface area contributed by atoms with E-state index >= 15 is 0 Å². The molecule has 1 N–H and O–H groups in total. The van der Waals surface area contributed by atoms with Gasteiger partial charge in [0.2, 0.25) is 0 Å². The number of ether oxygens (including phenoxy) is 1. The van der Waals surface area contributed by atoms with Gasteiger partial charge in [0.1, 0.15) is 6.10 Å². The molecule has 0 aliphatic heterocycles. The van der Waals surface area contributed by atoms with Crippen molar-refractivity contribution in [2.24, 2.45) is 5.92 Å². The molecule has 1 heterocycles. The van der Waals surface area contributed by atoms with Gasteiger partial charge in [-0.3, -0.25) is 10.1 Å². The Morgan fingerprint density at radius 2 is 2.10 bits per heavy atom. The molecule has 2 aliphatic carbocycles. The molecule has 0 radical (unpaired) electrons. The lowest BCUT2D eigenvalue weighted by Gasteiger charge is -2.11. The second kappa shape index (κ2) is 6.88. The molecule has 116 valence electrons. The smallest absolute Gasteiger partial charge is 0.254 e. The van der Waals surface area contributed by atoms with Crippen LogP contribution in [0.4, 0.5) is 5.13 Å². The summed E-state index contributed by atoms with van der Waals surface area (Å²) in [6.07, 6.45) is 9.31. The van der Waals surface area contributed by atoms with Gasteiger partial charge >= 0.3 is 0 Å². The lowest BCUT2D eigenvalue weighted by Crippen LogP contribution is -2.28. The maximum absolute atomic E-state index is 12.1. The minimum absolute atomic E-state index is 0.0719. The highest BCUT2D eigenvalue weighted by Gasteiger charge is 2.24. The number of nitrogens with one attached hydrogen (secondary N) is 1. The third kappa shape index (κ3) is 4.27. The quantitative estimate of drug-likeness (QED) is 0.905. The van der Waals surface area contributed by atoms with Gasteiger partial charge in [0, 0.05) is 4.88 Å². The number of aryl methyl sites for hydroxylation is 2. The van der Waals surface area contributed by atoms with Crippen molar-refractivity contribution in [1.29, 1.82) is 0 Å². The van der Waals surface area contributed by atoms with Crippen LogP contribution in [-0.4, -0.2) is 23.6 Å². The standard InChI is InChI=1S/C16H24N2O2S/c1-11(20-10-12-8-9-12)15(19)18-16-17-13-6-4-2-3-5-7-14(13)21-16/h11-12H,2-10H2,1H3,(H,17,18,19)/t11-/m0/s1. The van der Waals surface area contributed by atoms with Gasteiger partial charge in [-0.15, -0.1) is 11.3 Å². The topological polar surface area (TPSA) is 51.2 Å². The molecule has 1 fully saturated rings. The zero-order valence-electron chi connectivity index (χ0n) is 12.7. The maximum atomic E-state index is 12.1. The zero-order chi connectivity index (χ0) is 14.7. The Bertz CT molecular complexity index is 471. The van der Waals surface area contributed by atoms with Crippen molar-refractivity contribution in [2.75, 3.05) is 11.9 Å². The molecule has 1 amide bonds. The Balaban J connectivity index is 1.55. The fraction of sp³-hybridized carbons (Fsp3) is 0.750. The number of amides is 1. The summed E-state index contributed by atoms with van der Waals surface area (Å²) in [5, 5.41) is 3.67. The summed E-state index contributed by atoms with van der Waals surface area (Å²) in [5.41, 5.74) is 1.20. The lowest BCUT2D eigenvalue weighted by molar-refractivity contribution is -0.126. The number of nitrogens with zero attached hydrogens (tertiary/aromatic N) is 1. The van der Waals surface area contributed by atoms with Gasteiger partial charge in [-0.1, -0.05) is 12.8 Å². The first-order valence-corrected chi connectivity index (χ1v) is 8.95. The number of carbonyl (C=O) groups is 1. The number of hydrogen-bond acceptors (Lipinski definition) is 4. The molecule has 0 aromatic carbocycles. The average Bonchev–Trinajstić information content (AvgIpc) is 3.20. The Morgan fingerprint density at radius 3 is 2.86 bits per heavy atom. The van der Waals surface area contributed by atoms with Crippen molar-refractivity contribution in [1.82, 2.24) is 4.98 Å². The van der Waals surface area contributed by atoms with Crippen molar-refractivity contribution in [3.8, 4) is 0 Å². The summed E-state index contributed by atoms with van der Waals surface area (Å²) >= 11 is 1.64. The summed E-state index contributed by atoms with van der Waals surface area (Å²) in [6, 6.07) is 0. The fourth-order valence-corrected chi connectivity index (χ4v) is 3.66. The lowest BCUT2D eigenvalue weighted by atomic mass is 10.0. The van der Waals surface area contributed by atoms with E-state index < -0.39 is 6.10 Å². The number of aromatic nitrogens is 1. The van der Waals surface area contributed by atoms with E-state index in [0.717, 1.165) is 18.0 Å². The minimum Gasteiger partial charge on any atom is -0.368 e. The Hall–Kier alpha value is -0.940. The molecule has 0 unspecified atom stereocenters. The molecule has 1 saturated carbocycles. The summed E-state index contributed by atoms with van der Waals surface area (Å²) in [5.74, 6) is 0.609. The second-order valence-electron chi connectivity index (χ2n) is 6.21. The SMILES string of the molecule is C[C@H](OCC1CC1)C(=O)Nc1nc2c(s1)CCCCCC2. The second-order valence-corrected chi connectivity index (χ2v) is 7.29.